The first-order valence-electron chi connectivity index (χ1n) is 2.16. The van der Waals surface area contributed by atoms with Crippen molar-refractivity contribution in [2.24, 2.45) is 0 Å². The van der Waals surface area contributed by atoms with E-state index in [1.807, 2.05) is 0 Å². The van der Waals surface area contributed by atoms with Crippen LogP contribution in [-0.2, 0) is 9.57 Å². The van der Waals surface area contributed by atoms with Crippen LogP contribution in [0.2, 0.25) is 0 Å². The highest BCUT2D eigenvalue weighted by Gasteiger charge is 1.92. The lowest BCUT2D eigenvalue weighted by molar-refractivity contribution is -0.147. The molecule has 0 spiro atoms. The molecule has 0 aliphatic rings. The first kappa shape index (κ1) is 11.0. The van der Waals surface area contributed by atoms with Crippen LogP contribution in [-0.4, -0.2) is 20.4 Å². The second-order valence-electron chi connectivity index (χ2n) is 1.13. The summed E-state index contributed by atoms with van der Waals surface area (Å²) in [4.78, 5) is 4.72. The summed E-state index contributed by atoms with van der Waals surface area (Å²) >= 11 is 0. The molecule has 0 saturated heterocycles. The fourth-order valence-corrected chi connectivity index (χ4v) is 0.214. The van der Waals surface area contributed by atoms with E-state index in [4.69, 9.17) is 9.57 Å². The second-order valence-corrected chi connectivity index (χ2v) is 1.13. The maximum Gasteiger partial charge on any atom is 0.174 e. The molecule has 0 saturated carbocycles. The van der Waals surface area contributed by atoms with Gasteiger partial charge in [0.15, 0.2) is 6.29 Å². The SMILES string of the molecule is CNOC(C)OC.Cl. The zero-order chi connectivity index (χ0) is 5.70. The standard InChI is InChI=1S/C4H11NO2.ClH/c1-4(6-3)7-5-2;/h4-5H,1-3H3;1H. The molecule has 4 heteroatoms. The number of methoxy groups -OCH3 is 1. The molecule has 0 aliphatic heterocycles. The predicted molar refractivity (Wildman–Crippen MR) is 33.9 cm³/mol. The van der Waals surface area contributed by atoms with Gasteiger partial charge in [-0.1, -0.05) is 0 Å². The van der Waals surface area contributed by atoms with Gasteiger partial charge in [0.25, 0.3) is 0 Å². The lowest BCUT2D eigenvalue weighted by Crippen LogP contribution is -2.18. The Bertz CT molecular complexity index is 45.0. The average molecular weight is 142 g/mol. The first-order chi connectivity index (χ1) is 3.31. The lowest BCUT2D eigenvalue weighted by atomic mass is 10.8. The van der Waals surface area contributed by atoms with Gasteiger partial charge in [0.2, 0.25) is 0 Å². The van der Waals surface area contributed by atoms with Gasteiger partial charge < -0.3 is 4.74 Å². The van der Waals surface area contributed by atoms with Gasteiger partial charge in [-0.2, -0.15) is 0 Å². The molecule has 0 radical (unpaired) electrons. The maximum atomic E-state index is 4.72. The number of rotatable bonds is 3. The highest BCUT2D eigenvalue weighted by atomic mass is 35.5. The van der Waals surface area contributed by atoms with E-state index in [0.29, 0.717) is 0 Å². The Balaban J connectivity index is 0. The molecule has 0 aliphatic carbocycles. The smallest absolute Gasteiger partial charge is 0.174 e. The minimum absolute atomic E-state index is 0. The van der Waals surface area contributed by atoms with Gasteiger partial charge in [-0.3, -0.25) is 4.84 Å². The molecule has 1 unspecified atom stereocenters. The number of hydroxylamine groups is 1. The Morgan fingerprint density at radius 2 is 2.00 bits per heavy atom. The zero-order valence-corrected chi connectivity index (χ0v) is 6.12. The minimum Gasteiger partial charge on any atom is -0.354 e. The van der Waals surface area contributed by atoms with Crippen LogP contribution in [0.25, 0.3) is 0 Å². The van der Waals surface area contributed by atoms with Crippen LogP contribution >= 0.6 is 12.4 Å². The van der Waals surface area contributed by atoms with E-state index in [-0.39, 0.29) is 18.7 Å². The second kappa shape index (κ2) is 7.17. The Morgan fingerprint density at radius 1 is 1.50 bits per heavy atom. The zero-order valence-electron chi connectivity index (χ0n) is 5.30. The fraction of sp³-hybridized carbons (Fsp3) is 1.00. The molecule has 0 amide bonds. The first-order valence-corrected chi connectivity index (χ1v) is 2.16. The number of halogens is 1. The third-order valence-electron chi connectivity index (χ3n) is 0.616. The van der Waals surface area contributed by atoms with Crippen molar-refractivity contribution in [1.29, 1.82) is 0 Å². The van der Waals surface area contributed by atoms with Crippen molar-refractivity contribution in [3.8, 4) is 0 Å². The number of ether oxygens (including phenoxy) is 1. The van der Waals surface area contributed by atoms with Gasteiger partial charge in [-0.25, -0.2) is 5.48 Å². The Hall–Kier alpha value is 0.170. The van der Waals surface area contributed by atoms with Crippen molar-refractivity contribution in [3.63, 3.8) is 0 Å². The van der Waals surface area contributed by atoms with E-state index >= 15 is 0 Å². The third kappa shape index (κ3) is 6.17. The topological polar surface area (TPSA) is 30.5 Å². The van der Waals surface area contributed by atoms with Crippen LogP contribution in [0, 0.1) is 0 Å². The van der Waals surface area contributed by atoms with E-state index in [2.05, 4.69) is 5.48 Å². The summed E-state index contributed by atoms with van der Waals surface area (Å²) in [6, 6.07) is 0. The largest absolute Gasteiger partial charge is 0.354 e. The number of hydrogen-bond donors (Lipinski definition) is 1. The molecule has 52 valence electrons. The highest BCUT2D eigenvalue weighted by molar-refractivity contribution is 5.85. The van der Waals surface area contributed by atoms with E-state index in [9.17, 15) is 0 Å². The van der Waals surface area contributed by atoms with Crippen LogP contribution < -0.4 is 5.48 Å². The Labute approximate surface area is 55.7 Å². The molecule has 0 rings (SSSR count). The number of hydrogen-bond acceptors (Lipinski definition) is 3. The van der Waals surface area contributed by atoms with Crippen LogP contribution in [0.5, 0.6) is 0 Å². The van der Waals surface area contributed by atoms with Crippen molar-refractivity contribution in [2.45, 2.75) is 13.2 Å². The molecule has 0 aromatic carbocycles. The molecular weight excluding hydrogens is 130 g/mol. The summed E-state index contributed by atoms with van der Waals surface area (Å²) in [5.74, 6) is 0. The summed E-state index contributed by atoms with van der Waals surface area (Å²) in [6.45, 7) is 1.80. The van der Waals surface area contributed by atoms with E-state index < -0.39 is 0 Å². The molecule has 0 aromatic heterocycles. The molecule has 0 heterocycles. The Morgan fingerprint density at radius 3 is 2.12 bits per heavy atom. The van der Waals surface area contributed by atoms with Gasteiger partial charge in [0.05, 0.1) is 0 Å². The third-order valence-corrected chi connectivity index (χ3v) is 0.616. The van der Waals surface area contributed by atoms with Crippen molar-refractivity contribution >= 4 is 12.4 Å². The quantitative estimate of drug-likeness (QED) is 0.460. The van der Waals surface area contributed by atoms with Crippen molar-refractivity contribution in [1.82, 2.24) is 5.48 Å². The van der Waals surface area contributed by atoms with Gasteiger partial charge in [0, 0.05) is 14.2 Å². The van der Waals surface area contributed by atoms with E-state index in [1.54, 1.807) is 21.1 Å². The monoisotopic (exact) mass is 141 g/mol. The Kier molecular flexibility index (Phi) is 9.89. The lowest BCUT2D eigenvalue weighted by Gasteiger charge is -2.06. The van der Waals surface area contributed by atoms with E-state index in [0.717, 1.165) is 0 Å². The summed E-state index contributed by atoms with van der Waals surface area (Å²) in [6.07, 6.45) is -0.162. The molecule has 0 fully saturated rings. The molecule has 0 bridgehead atoms. The van der Waals surface area contributed by atoms with Gasteiger partial charge >= 0.3 is 0 Å². The van der Waals surface area contributed by atoms with Crippen LogP contribution in [0.1, 0.15) is 6.92 Å². The summed E-state index contributed by atoms with van der Waals surface area (Å²) in [5.41, 5.74) is 2.49. The molecule has 0 aromatic rings. The van der Waals surface area contributed by atoms with Crippen LogP contribution in [0.4, 0.5) is 0 Å². The van der Waals surface area contributed by atoms with Crippen LogP contribution in [0.3, 0.4) is 0 Å². The van der Waals surface area contributed by atoms with Gasteiger partial charge in [-0.15, -0.1) is 12.4 Å². The predicted octanol–water partition coefficient (Wildman–Crippen LogP) is 0.552. The minimum atomic E-state index is -0.162. The highest BCUT2D eigenvalue weighted by Crippen LogP contribution is 1.82. The maximum absolute atomic E-state index is 4.72. The molecule has 8 heavy (non-hydrogen) atoms. The molecule has 1 atom stereocenters. The number of nitrogens with one attached hydrogen (secondary N) is 1. The van der Waals surface area contributed by atoms with E-state index in [1.165, 1.54) is 0 Å². The van der Waals surface area contributed by atoms with Crippen molar-refractivity contribution in [2.75, 3.05) is 14.2 Å². The molecule has 1 N–H and O–H groups in total. The summed E-state index contributed by atoms with van der Waals surface area (Å²) in [7, 11) is 3.28. The molecular formula is C4H12ClNO2. The normalized spacial score (nSPS) is 12.4. The van der Waals surface area contributed by atoms with Crippen molar-refractivity contribution in [3.05, 3.63) is 0 Å². The van der Waals surface area contributed by atoms with Gasteiger partial charge in [-0.05, 0) is 6.92 Å². The molecule has 3 nitrogen and oxygen atoms in total. The summed E-state index contributed by atoms with van der Waals surface area (Å²) in [5, 5.41) is 0. The van der Waals surface area contributed by atoms with Gasteiger partial charge in [0.1, 0.15) is 0 Å². The van der Waals surface area contributed by atoms with Crippen molar-refractivity contribution < 1.29 is 9.57 Å². The average Bonchev–Trinajstić information content (AvgIpc) is 1.68. The fourth-order valence-electron chi connectivity index (χ4n) is 0.214. The summed E-state index contributed by atoms with van der Waals surface area (Å²) < 4.78 is 4.71. The van der Waals surface area contributed by atoms with Crippen LogP contribution in [0.15, 0.2) is 0 Å².